The fraction of sp³-hybridized carbons (Fsp3) is 0.522. The van der Waals surface area contributed by atoms with E-state index in [-0.39, 0.29) is 17.8 Å². The molecule has 190 valence electrons. The second-order valence-corrected chi connectivity index (χ2v) is 11.3. The van der Waals surface area contributed by atoms with Crippen molar-refractivity contribution in [2.24, 2.45) is 14.1 Å². The summed E-state index contributed by atoms with van der Waals surface area (Å²) < 4.78 is 29.2. The van der Waals surface area contributed by atoms with Gasteiger partial charge in [-0.05, 0) is 24.6 Å². The monoisotopic (exact) mass is 504 g/mol. The van der Waals surface area contributed by atoms with Crippen LogP contribution in [-0.4, -0.2) is 93.1 Å². The summed E-state index contributed by atoms with van der Waals surface area (Å²) in [5.41, 5.74) is 0.610. The van der Waals surface area contributed by atoms with E-state index in [0.717, 1.165) is 10.1 Å². The molecule has 1 aromatic carbocycles. The number of piperazine rings is 1. The summed E-state index contributed by atoms with van der Waals surface area (Å²) in [4.78, 5) is 33.5. The molecule has 11 nitrogen and oxygen atoms in total. The first kappa shape index (κ1) is 25.3. The van der Waals surface area contributed by atoms with Crippen molar-refractivity contribution in [3.63, 3.8) is 0 Å². The predicted octanol–water partition coefficient (Wildman–Crippen LogP) is -0.805. The highest BCUT2D eigenvalue weighted by Crippen LogP contribution is 2.14. The Balaban J connectivity index is 1.30. The van der Waals surface area contributed by atoms with Crippen LogP contribution in [0.4, 0.5) is 0 Å². The lowest BCUT2D eigenvalue weighted by atomic mass is 10.2. The van der Waals surface area contributed by atoms with E-state index < -0.39 is 27.2 Å². The Kier molecular flexibility index (Phi) is 7.27. The van der Waals surface area contributed by atoms with E-state index in [1.807, 2.05) is 13.0 Å². The Morgan fingerprint density at radius 2 is 1.71 bits per heavy atom. The Morgan fingerprint density at radius 1 is 1.03 bits per heavy atom. The Morgan fingerprint density at radius 3 is 2.40 bits per heavy atom. The van der Waals surface area contributed by atoms with Crippen molar-refractivity contribution in [3.8, 4) is 0 Å². The molecule has 0 amide bonds. The van der Waals surface area contributed by atoms with Crippen LogP contribution in [0.3, 0.4) is 0 Å². The molecule has 4 rings (SSSR count). The maximum Gasteiger partial charge on any atom is 0.332 e. The second kappa shape index (κ2) is 10.1. The molecule has 2 aromatic heterocycles. The van der Waals surface area contributed by atoms with E-state index in [1.54, 1.807) is 29.8 Å². The zero-order chi connectivity index (χ0) is 25.3. The van der Waals surface area contributed by atoms with Crippen molar-refractivity contribution in [2.75, 3.05) is 45.0 Å². The number of fused-ring (bicyclic) bond motifs is 1. The normalized spacial score (nSPS) is 16.7. The largest absolute Gasteiger partial charge is 0.390 e. The Bertz CT molecular complexity index is 1430. The maximum atomic E-state index is 12.6. The molecule has 1 aliphatic heterocycles. The first-order chi connectivity index (χ1) is 16.6. The van der Waals surface area contributed by atoms with Crippen LogP contribution >= 0.6 is 0 Å². The first-order valence-corrected chi connectivity index (χ1v) is 13.2. The number of nitrogens with zero attached hydrogens (tertiary/aromatic N) is 6. The zero-order valence-corrected chi connectivity index (χ0v) is 21.1. The summed E-state index contributed by atoms with van der Waals surface area (Å²) >= 11 is 0. The number of aliphatic hydroxyl groups excluding tert-OH is 1. The lowest BCUT2D eigenvalue weighted by Crippen LogP contribution is -2.49. The van der Waals surface area contributed by atoms with Crippen molar-refractivity contribution in [2.45, 2.75) is 24.5 Å². The van der Waals surface area contributed by atoms with Crippen molar-refractivity contribution in [1.29, 1.82) is 0 Å². The average molecular weight is 505 g/mol. The van der Waals surface area contributed by atoms with Crippen LogP contribution in [0.25, 0.3) is 11.2 Å². The number of benzene rings is 1. The summed E-state index contributed by atoms with van der Waals surface area (Å²) in [6, 6.07) is 6.98. The molecule has 3 aromatic rings. The third kappa shape index (κ3) is 5.40. The van der Waals surface area contributed by atoms with Crippen LogP contribution < -0.4 is 11.2 Å². The van der Waals surface area contributed by atoms with Gasteiger partial charge in [-0.15, -0.1) is 0 Å². The smallest absolute Gasteiger partial charge is 0.332 e. The second-order valence-electron chi connectivity index (χ2n) is 9.21. The van der Waals surface area contributed by atoms with Gasteiger partial charge in [0.1, 0.15) is 0 Å². The Hall–Kier alpha value is -2.80. The molecule has 35 heavy (non-hydrogen) atoms. The van der Waals surface area contributed by atoms with Gasteiger partial charge in [0.2, 0.25) is 0 Å². The Labute approximate surface area is 203 Å². The number of sulfone groups is 1. The molecule has 0 saturated carbocycles. The fourth-order valence-electron chi connectivity index (χ4n) is 4.49. The molecule has 12 heteroatoms. The summed E-state index contributed by atoms with van der Waals surface area (Å²) in [6.45, 7) is 5.80. The van der Waals surface area contributed by atoms with Crippen LogP contribution in [0.15, 0.2) is 45.1 Å². The van der Waals surface area contributed by atoms with Crippen LogP contribution in [0.2, 0.25) is 0 Å². The summed E-state index contributed by atoms with van der Waals surface area (Å²) in [5.74, 6) is 0.0737. The summed E-state index contributed by atoms with van der Waals surface area (Å²) in [6.07, 6.45) is 0.740. The number of aliphatic hydroxyl groups is 1. The van der Waals surface area contributed by atoms with Crippen molar-refractivity contribution in [3.05, 3.63) is 57.0 Å². The number of aryl methyl sites for hydroxylation is 2. The van der Waals surface area contributed by atoms with Crippen LogP contribution in [0.1, 0.15) is 5.56 Å². The number of hydrogen-bond acceptors (Lipinski definition) is 8. The summed E-state index contributed by atoms with van der Waals surface area (Å²) in [7, 11) is -0.348. The van der Waals surface area contributed by atoms with Gasteiger partial charge in [0.15, 0.2) is 21.0 Å². The van der Waals surface area contributed by atoms with E-state index in [0.29, 0.717) is 49.8 Å². The maximum absolute atomic E-state index is 12.6. The molecule has 0 spiro atoms. The van der Waals surface area contributed by atoms with Gasteiger partial charge in [0.05, 0.1) is 29.6 Å². The van der Waals surface area contributed by atoms with E-state index in [4.69, 9.17) is 0 Å². The molecule has 1 unspecified atom stereocenters. The number of β-amino-alcohol motifs (C(OH)–C–C–N with tert-alkyl or cyclic N) is 1. The topological polar surface area (TPSA) is 123 Å². The third-order valence-electron chi connectivity index (χ3n) is 6.58. The molecule has 1 aliphatic rings. The van der Waals surface area contributed by atoms with Gasteiger partial charge in [0, 0.05) is 53.4 Å². The van der Waals surface area contributed by atoms with E-state index in [2.05, 4.69) is 14.8 Å². The molecule has 1 fully saturated rings. The zero-order valence-electron chi connectivity index (χ0n) is 20.3. The molecule has 0 bridgehead atoms. The van der Waals surface area contributed by atoms with Gasteiger partial charge >= 0.3 is 5.69 Å². The van der Waals surface area contributed by atoms with Gasteiger partial charge in [-0.2, -0.15) is 0 Å². The van der Waals surface area contributed by atoms with Crippen molar-refractivity contribution < 1.29 is 13.5 Å². The van der Waals surface area contributed by atoms with Crippen LogP contribution in [-0.2, 0) is 30.5 Å². The minimum Gasteiger partial charge on any atom is -0.390 e. The molecular formula is C23H32N6O5S. The molecule has 0 radical (unpaired) electrons. The predicted molar refractivity (Wildman–Crippen MR) is 132 cm³/mol. The molecule has 0 aliphatic carbocycles. The van der Waals surface area contributed by atoms with Gasteiger partial charge in [-0.25, -0.2) is 18.2 Å². The number of aromatic nitrogens is 4. The quantitative estimate of drug-likeness (QED) is 0.423. The number of rotatable bonds is 8. The average Bonchev–Trinajstić information content (AvgIpc) is 3.24. The molecule has 1 N–H and O–H groups in total. The standard InChI is InChI=1S/C23H32N6O5S/c1-17-5-4-6-19(13-17)35(33,34)12-11-27-7-9-28(10-8-27)14-18(30)15-29-16-24-21-20(29)22(31)26(3)23(32)25(21)2/h4-6,13,16,18,30H,7-12,14-15H2,1-3H3. The third-order valence-corrected chi connectivity index (χ3v) is 8.28. The van der Waals surface area contributed by atoms with E-state index in [1.165, 1.54) is 17.9 Å². The van der Waals surface area contributed by atoms with Gasteiger partial charge in [0.25, 0.3) is 5.56 Å². The summed E-state index contributed by atoms with van der Waals surface area (Å²) in [5, 5.41) is 10.7. The molecule has 1 saturated heterocycles. The van der Waals surface area contributed by atoms with E-state index >= 15 is 0 Å². The van der Waals surface area contributed by atoms with E-state index in [9.17, 15) is 23.1 Å². The van der Waals surface area contributed by atoms with Crippen LogP contribution in [0.5, 0.6) is 0 Å². The fourth-order valence-corrected chi connectivity index (χ4v) is 5.88. The molecular weight excluding hydrogens is 472 g/mol. The van der Waals surface area contributed by atoms with Gasteiger partial charge in [-0.1, -0.05) is 12.1 Å². The van der Waals surface area contributed by atoms with Gasteiger partial charge in [-0.3, -0.25) is 23.7 Å². The van der Waals surface area contributed by atoms with Gasteiger partial charge < -0.3 is 9.67 Å². The molecule has 3 heterocycles. The van der Waals surface area contributed by atoms with Crippen molar-refractivity contribution >= 4 is 21.0 Å². The lowest BCUT2D eigenvalue weighted by molar-refractivity contribution is 0.0666. The highest BCUT2D eigenvalue weighted by atomic mass is 32.2. The SMILES string of the molecule is Cc1cccc(S(=O)(=O)CCN2CCN(CC(O)Cn3cnc4c3c(=O)n(C)c(=O)n4C)CC2)c1. The van der Waals surface area contributed by atoms with Crippen molar-refractivity contribution in [1.82, 2.24) is 28.5 Å². The number of hydrogen-bond donors (Lipinski definition) is 1. The highest BCUT2D eigenvalue weighted by Gasteiger charge is 2.23. The van der Waals surface area contributed by atoms with Crippen LogP contribution in [0, 0.1) is 6.92 Å². The first-order valence-electron chi connectivity index (χ1n) is 11.6. The molecule has 1 atom stereocenters. The minimum absolute atomic E-state index is 0.0737. The minimum atomic E-state index is -3.33. The number of imidazole rings is 1. The lowest BCUT2D eigenvalue weighted by Gasteiger charge is -2.35. The highest BCUT2D eigenvalue weighted by molar-refractivity contribution is 7.91.